The highest BCUT2D eigenvalue weighted by Crippen LogP contribution is 2.32. The molecule has 0 saturated heterocycles. The van der Waals surface area contributed by atoms with Crippen molar-refractivity contribution >= 4 is 22.1 Å². The van der Waals surface area contributed by atoms with Gasteiger partial charge in [0.05, 0.1) is 0 Å². The van der Waals surface area contributed by atoms with Crippen LogP contribution in [0.2, 0.25) is 0 Å². The molecule has 0 amide bonds. The van der Waals surface area contributed by atoms with Crippen molar-refractivity contribution in [2.45, 2.75) is 19.4 Å². The van der Waals surface area contributed by atoms with Crippen molar-refractivity contribution in [3.63, 3.8) is 0 Å². The van der Waals surface area contributed by atoms with Gasteiger partial charge in [0.1, 0.15) is 11.9 Å². The number of benzene rings is 3. The molecule has 1 atom stereocenters. The Bertz CT molecular complexity index is 975. The molecule has 0 aliphatic heterocycles. The Hall–Kier alpha value is -2.62. The van der Waals surface area contributed by atoms with E-state index in [9.17, 15) is 0 Å². The Kier molecular flexibility index (Phi) is 7.85. The standard InChI is InChI=1S/C19H21NOS.C7H8/c1-20(2)13-12-18(19-11-6-14-22-19)21-17-10-5-8-15-7-3-4-9-16(15)17;1-7-5-3-2-4-6-7/h3-11,14,18H,12-13H2,1-2H3;2-6H,1H3/t18-;/m0./s1. The molecule has 0 radical (unpaired) electrons. The van der Waals surface area contributed by atoms with Gasteiger partial charge in [0.15, 0.2) is 0 Å². The number of hydrogen-bond donors (Lipinski definition) is 0. The van der Waals surface area contributed by atoms with E-state index in [4.69, 9.17) is 4.74 Å². The Morgan fingerprint density at radius 1 is 0.828 bits per heavy atom. The maximum Gasteiger partial charge on any atom is 0.134 e. The highest BCUT2D eigenvalue weighted by Gasteiger charge is 2.16. The number of nitrogens with zero attached hydrogens (tertiary/aromatic N) is 1. The molecule has 0 fully saturated rings. The van der Waals surface area contributed by atoms with Crippen LogP contribution in [0.25, 0.3) is 10.8 Å². The summed E-state index contributed by atoms with van der Waals surface area (Å²) in [4.78, 5) is 3.49. The molecule has 4 rings (SSSR count). The molecule has 0 bridgehead atoms. The quantitative estimate of drug-likeness (QED) is 0.345. The fourth-order valence-electron chi connectivity index (χ4n) is 3.10. The van der Waals surface area contributed by atoms with Gasteiger partial charge in [0.25, 0.3) is 0 Å². The van der Waals surface area contributed by atoms with Crippen molar-refractivity contribution in [3.05, 3.63) is 101 Å². The summed E-state index contributed by atoms with van der Waals surface area (Å²) in [5.41, 5.74) is 1.32. The smallest absolute Gasteiger partial charge is 0.134 e. The Labute approximate surface area is 178 Å². The van der Waals surface area contributed by atoms with E-state index in [1.54, 1.807) is 11.3 Å². The van der Waals surface area contributed by atoms with E-state index < -0.39 is 0 Å². The lowest BCUT2D eigenvalue weighted by molar-refractivity contribution is 0.185. The van der Waals surface area contributed by atoms with Gasteiger partial charge in [0.2, 0.25) is 0 Å². The van der Waals surface area contributed by atoms with Crippen LogP contribution in [0.3, 0.4) is 0 Å². The lowest BCUT2D eigenvalue weighted by Gasteiger charge is -2.21. The summed E-state index contributed by atoms with van der Waals surface area (Å²) in [6.07, 6.45) is 1.09. The number of fused-ring (bicyclic) bond motifs is 1. The summed E-state index contributed by atoms with van der Waals surface area (Å²) in [5.74, 6) is 0.968. The highest BCUT2D eigenvalue weighted by molar-refractivity contribution is 7.10. The first-order valence-electron chi connectivity index (χ1n) is 9.97. The number of ether oxygens (including phenoxy) is 1. The van der Waals surface area contributed by atoms with E-state index in [1.165, 1.54) is 21.2 Å². The summed E-state index contributed by atoms with van der Waals surface area (Å²) < 4.78 is 6.41. The molecule has 4 aromatic rings. The van der Waals surface area contributed by atoms with Crippen LogP contribution in [-0.2, 0) is 0 Å². The Morgan fingerprint density at radius 2 is 1.55 bits per heavy atom. The van der Waals surface area contributed by atoms with Gasteiger partial charge in [-0.1, -0.05) is 78.4 Å². The van der Waals surface area contributed by atoms with E-state index in [1.807, 2.05) is 18.2 Å². The predicted molar refractivity (Wildman–Crippen MR) is 126 cm³/mol. The summed E-state index contributed by atoms with van der Waals surface area (Å²) in [5, 5.41) is 4.51. The number of thiophene rings is 1. The van der Waals surface area contributed by atoms with Gasteiger partial charge >= 0.3 is 0 Å². The van der Waals surface area contributed by atoms with Crippen LogP contribution in [0, 0.1) is 6.92 Å². The average Bonchev–Trinajstić information content (AvgIpc) is 3.27. The first kappa shape index (κ1) is 21.1. The van der Waals surface area contributed by atoms with Gasteiger partial charge in [-0.2, -0.15) is 0 Å². The maximum atomic E-state index is 6.41. The maximum absolute atomic E-state index is 6.41. The number of hydrogen-bond acceptors (Lipinski definition) is 3. The monoisotopic (exact) mass is 403 g/mol. The molecule has 29 heavy (non-hydrogen) atoms. The first-order chi connectivity index (χ1) is 14.1. The molecule has 1 aromatic heterocycles. The first-order valence-corrected chi connectivity index (χ1v) is 10.9. The third-order valence-electron chi connectivity index (χ3n) is 4.66. The molecule has 3 heteroatoms. The van der Waals surface area contributed by atoms with Crippen molar-refractivity contribution in [3.8, 4) is 5.75 Å². The predicted octanol–water partition coefficient (Wildman–Crippen LogP) is 6.97. The third-order valence-corrected chi connectivity index (χ3v) is 5.62. The van der Waals surface area contributed by atoms with E-state index in [0.717, 1.165) is 18.7 Å². The molecule has 3 aromatic carbocycles. The van der Waals surface area contributed by atoms with Crippen LogP contribution < -0.4 is 4.74 Å². The van der Waals surface area contributed by atoms with Gasteiger partial charge < -0.3 is 9.64 Å². The minimum absolute atomic E-state index is 0.105. The van der Waals surface area contributed by atoms with E-state index in [2.05, 4.69) is 98.0 Å². The van der Waals surface area contributed by atoms with Crippen LogP contribution in [0.1, 0.15) is 23.0 Å². The molecule has 0 aliphatic carbocycles. The molecule has 0 spiro atoms. The minimum atomic E-state index is 0.105. The number of rotatable bonds is 6. The minimum Gasteiger partial charge on any atom is -0.484 e. The highest BCUT2D eigenvalue weighted by atomic mass is 32.1. The van der Waals surface area contributed by atoms with Crippen LogP contribution in [0.4, 0.5) is 0 Å². The van der Waals surface area contributed by atoms with Gasteiger partial charge in [-0.15, -0.1) is 11.3 Å². The lowest BCUT2D eigenvalue weighted by atomic mass is 10.1. The zero-order chi connectivity index (χ0) is 20.5. The molecule has 150 valence electrons. The van der Waals surface area contributed by atoms with Gasteiger partial charge in [-0.3, -0.25) is 0 Å². The molecule has 2 nitrogen and oxygen atoms in total. The van der Waals surface area contributed by atoms with E-state index >= 15 is 0 Å². The molecular weight excluding hydrogens is 374 g/mol. The van der Waals surface area contributed by atoms with Crippen LogP contribution in [-0.4, -0.2) is 25.5 Å². The van der Waals surface area contributed by atoms with Gasteiger partial charge in [0, 0.05) is 23.2 Å². The zero-order valence-corrected chi connectivity index (χ0v) is 18.2. The normalized spacial score (nSPS) is 11.7. The summed E-state index contributed by atoms with van der Waals surface area (Å²) in [6.45, 7) is 3.09. The molecule has 0 aliphatic rings. The van der Waals surface area contributed by atoms with E-state index in [0.29, 0.717) is 0 Å². The number of aryl methyl sites for hydroxylation is 1. The molecular formula is C26H29NOS. The lowest BCUT2D eigenvalue weighted by Crippen LogP contribution is -2.18. The van der Waals surface area contributed by atoms with Gasteiger partial charge in [-0.25, -0.2) is 0 Å². The van der Waals surface area contributed by atoms with Crippen molar-refractivity contribution in [1.29, 1.82) is 0 Å². The van der Waals surface area contributed by atoms with Crippen LogP contribution in [0.15, 0.2) is 90.3 Å². The van der Waals surface area contributed by atoms with E-state index in [-0.39, 0.29) is 6.10 Å². The van der Waals surface area contributed by atoms with Gasteiger partial charge in [-0.05, 0) is 43.9 Å². The molecule has 0 unspecified atom stereocenters. The topological polar surface area (TPSA) is 12.5 Å². The molecule has 0 N–H and O–H groups in total. The Balaban J connectivity index is 0.000000290. The molecule has 1 heterocycles. The summed E-state index contributed by atoms with van der Waals surface area (Å²) in [7, 11) is 4.20. The second-order valence-corrected chi connectivity index (χ2v) is 8.33. The van der Waals surface area contributed by atoms with Crippen molar-refractivity contribution in [2.24, 2.45) is 0 Å². The second kappa shape index (κ2) is 10.8. The second-order valence-electron chi connectivity index (χ2n) is 7.35. The largest absolute Gasteiger partial charge is 0.484 e. The zero-order valence-electron chi connectivity index (χ0n) is 17.4. The molecule has 0 saturated carbocycles. The van der Waals surface area contributed by atoms with Crippen molar-refractivity contribution in [2.75, 3.05) is 20.6 Å². The van der Waals surface area contributed by atoms with Crippen molar-refractivity contribution < 1.29 is 4.74 Å². The van der Waals surface area contributed by atoms with Crippen LogP contribution >= 0.6 is 11.3 Å². The Morgan fingerprint density at radius 3 is 2.21 bits per heavy atom. The third kappa shape index (κ3) is 6.45. The fourth-order valence-corrected chi connectivity index (χ4v) is 3.88. The fraction of sp³-hybridized carbons (Fsp3) is 0.231. The average molecular weight is 404 g/mol. The van der Waals surface area contributed by atoms with Crippen LogP contribution in [0.5, 0.6) is 5.75 Å². The van der Waals surface area contributed by atoms with Crippen molar-refractivity contribution in [1.82, 2.24) is 4.90 Å². The summed E-state index contributed by atoms with van der Waals surface area (Å²) in [6, 6.07) is 29.2. The summed E-state index contributed by atoms with van der Waals surface area (Å²) >= 11 is 1.76. The SMILES string of the molecule is CN(C)CC[C@H](Oc1cccc2ccccc12)c1cccs1.Cc1ccccc1.